The lowest BCUT2D eigenvalue weighted by Gasteiger charge is -2.09. The molecule has 0 saturated carbocycles. The fourth-order valence-corrected chi connectivity index (χ4v) is 3.97. The maximum atomic E-state index is 12.6. The molecule has 0 bridgehead atoms. The average molecular weight is 410 g/mol. The second-order valence-electron chi connectivity index (χ2n) is 5.83. The van der Waals surface area contributed by atoms with Crippen LogP contribution >= 0.6 is 11.8 Å². The number of halogens is 2. The predicted molar refractivity (Wildman–Crippen MR) is 97.8 cm³/mol. The van der Waals surface area contributed by atoms with E-state index in [2.05, 4.69) is 15.5 Å². The second-order valence-corrected chi connectivity index (χ2v) is 8.69. The highest BCUT2D eigenvalue weighted by molar-refractivity contribution is 7.98. The smallest absolute Gasteiger partial charge is 0.218 e. The van der Waals surface area contributed by atoms with Crippen molar-refractivity contribution in [3.63, 3.8) is 0 Å². The van der Waals surface area contributed by atoms with E-state index >= 15 is 0 Å². The van der Waals surface area contributed by atoms with Gasteiger partial charge in [-0.15, -0.1) is 5.10 Å². The Bertz CT molecular complexity index is 1050. The first-order valence-corrected chi connectivity index (χ1v) is 10.4. The number of nitrogens with zero attached hydrogens (tertiary/aromatic N) is 4. The maximum Gasteiger partial charge on any atom is 0.341 e. The van der Waals surface area contributed by atoms with Crippen LogP contribution in [0.1, 0.15) is 16.7 Å². The van der Waals surface area contributed by atoms with Gasteiger partial charge in [0.15, 0.2) is 0 Å². The van der Waals surface area contributed by atoms with Gasteiger partial charge in [0.25, 0.3) is 0 Å². The first-order valence-electron chi connectivity index (χ1n) is 7.89. The van der Waals surface area contributed by atoms with Crippen LogP contribution in [0.2, 0.25) is 0 Å². The molecule has 0 N–H and O–H groups in total. The maximum absolute atomic E-state index is 12.6. The van der Waals surface area contributed by atoms with Crippen LogP contribution in [0.4, 0.5) is 8.78 Å². The van der Waals surface area contributed by atoms with E-state index in [0.717, 1.165) is 22.4 Å². The van der Waals surface area contributed by atoms with Gasteiger partial charge in [-0.25, -0.2) is 8.42 Å². The van der Waals surface area contributed by atoms with Gasteiger partial charge in [-0.2, -0.15) is 13.5 Å². The van der Waals surface area contributed by atoms with Crippen LogP contribution in [0.3, 0.4) is 0 Å². The average Bonchev–Trinajstić information content (AvgIpc) is 3.11. The van der Waals surface area contributed by atoms with Gasteiger partial charge in [0.1, 0.15) is 0 Å². The van der Waals surface area contributed by atoms with Crippen LogP contribution < -0.4 is 0 Å². The van der Waals surface area contributed by atoms with E-state index in [0.29, 0.717) is 10.9 Å². The number of sulfone groups is 1. The minimum atomic E-state index is -4.58. The van der Waals surface area contributed by atoms with Crippen molar-refractivity contribution in [2.45, 2.75) is 35.4 Å². The lowest BCUT2D eigenvalue weighted by atomic mass is 10.1. The van der Waals surface area contributed by atoms with E-state index in [1.54, 1.807) is 4.68 Å². The molecule has 3 rings (SSSR count). The van der Waals surface area contributed by atoms with Crippen molar-refractivity contribution in [1.29, 1.82) is 0 Å². The largest absolute Gasteiger partial charge is 0.341 e. The monoisotopic (exact) mass is 410 g/mol. The Balaban J connectivity index is 1.77. The molecule has 2 aromatic carbocycles. The Labute approximate surface area is 159 Å². The van der Waals surface area contributed by atoms with E-state index in [4.69, 9.17) is 0 Å². The molecule has 0 amide bonds. The van der Waals surface area contributed by atoms with Crippen molar-refractivity contribution < 1.29 is 17.2 Å². The molecule has 142 valence electrons. The van der Waals surface area contributed by atoms with Crippen molar-refractivity contribution in [2.75, 3.05) is 0 Å². The Hall–Kier alpha value is -2.33. The fourth-order valence-electron chi connectivity index (χ4n) is 2.41. The zero-order valence-electron chi connectivity index (χ0n) is 14.5. The Morgan fingerprint density at radius 1 is 1.11 bits per heavy atom. The van der Waals surface area contributed by atoms with E-state index in [1.807, 2.05) is 32.0 Å². The highest BCUT2D eigenvalue weighted by Gasteiger charge is 2.26. The molecule has 0 aliphatic carbocycles. The highest BCUT2D eigenvalue weighted by Crippen LogP contribution is 2.26. The highest BCUT2D eigenvalue weighted by atomic mass is 32.2. The van der Waals surface area contributed by atoms with Gasteiger partial charge in [-0.05, 0) is 59.2 Å². The van der Waals surface area contributed by atoms with Gasteiger partial charge >= 0.3 is 5.76 Å². The fraction of sp³-hybridized carbons (Fsp3) is 0.235. The molecule has 0 spiro atoms. The van der Waals surface area contributed by atoms with Gasteiger partial charge in [0, 0.05) is 5.75 Å². The SMILES string of the molecule is Cc1cccc(-n2nnnc2SCc2ccc(S(=O)(=O)C(F)F)cc2)c1C. The molecular weight excluding hydrogens is 394 g/mol. The van der Waals surface area contributed by atoms with Crippen LogP contribution in [-0.2, 0) is 15.6 Å². The zero-order valence-corrected chi connectivity index (χ0v) is 16.1. The first kappa shape index (κ1) is 19.4. The van der Waals surface area contributed by atoms with Crippen LogP contribution in [0.25, 0.3) is 5.69 Å². The quantitative estimate of drug-likeness (QED) is 0.578. The third kappa shape index (κ3) is 4.01. The third-order valence-electron chi connectivity index (χ3n) is 4.10. The summed E-state index contributed by atoms with van der Waals surface area (Å²) in [5, 5.41) is 12.4. The molecular formula is C17H16F2N4O2S2. The summed E-state index contributed by atoms with van der Waals surface area (Å²) in [4.78, 5) is -0.397. The number of tetrazole rings is 1. The molecule has 1 aromatic heterocycles. The van der Waals surface area contributed by atoms with Gasteiger partial charge in [-0.1, -0.05) is 36.0 Å². The Kier molecular flexibility index (Phi) is 5.56. The van der Waals surface area contributed by atoms with Gasteiger partial charge in [0.05, 0.1) is 10.6 Å². The van der Waals surface area contributed by atoms with Crippen molar-refractivity contribution in [3.8, 4) is 5.69 Å². The van der Waals surface area contributed by atoms with Crippen LogP contribution in [-0.4, -0.2) is 34.4 Å². The molecule has 0 radical (unpaired) electrons. The van der Waals surface area contributed by atoms with E-state index < -0.39 is 20.5 Å². The molecule has 0 aliphatic heterocycles. The first-order chi connectivity index (χ1) is 12.8. The molecule has 0 atom stereocenters. The summed E-state index contributed by atoms with van der Waals surface area (Å²) in [6, 6.07) is 11.2. The van der Waals surface area contributed by atoms with E-state index in [-0.39, 0.29) is 0 Å². The van der Waals surface area contributed by atoms with Gasteiger partial charge in [-0.3, -0.25) is 0 Å². The predicted octanol–water partition coefficient (Wildman–Crippen LogP) is 3.57. The number of aryl methyl sites for hydroxylation is 1. The molecule has 3 aromatic rings. The molecule has 0 fully saturated rings. The Morgan fingerprint density at radius 3 is 2.48 bits per heavy atom. The summed E-state index contributed by atoms with van der Waals surface area (Å²) in [6.45, 7) is 3.99. The Morgan fingerprint density at radius 2 is 1.81 bits per heavy atom. The number of thioether (sulfide) groups is 1. The number of benzene rings is 2. The van der Waals surface area contributed by atoms with E-state index in [9.17, 15) is 17.2 Å². The van der Waals surface area contributed by atoms with Crippen LogP contribution in [0.5, 0.6) is 0 Å². The summed E-state index contributed by atoms with van der Waals surface area (Å²) in [5.41, 5.74) is 3.83. The summed E-state index contributed by atoms with van der Waals surface area (Å²) >= 11 is 1.37. The van der Waals surface area contributed by atoms with Crippen LogP contribution in [0, 0.1) is 13.8 Å². The normalized spacial score (nSPS) is 11.9. The number of alkyl halides is 2. The summed E-state index contributed by atoms with van der Waals surface area (Å²) < 4.78 is 49.7. The minimum Gasteiger partial charge on any atom is -0.218 e. The number of hydrogen-bond donors (Lipinski definition) is 0. The lowest BCUT2D eigenvalue weighted by molar-refractivity contribution is 0.234. The van der Waals surface area contributed by atoms with Crippen LogP contribution in [0.15, 0.2) is 52.5 Å². The van der Waals surface area contributed by atoms with Crippen molar-refractivity contribution in [1.82, 2.24) is 20.2 Å². The molecule has 0 aliphatic rings. The summed E-state index contributed by atoms with van der Waals surface area (Å²) in [7, 11) is -4.58. The second kappa shape index (κ2) is 7.73. The molecule has 10 heteroatoms. The van der Waals surface area contributed by atoms with Crippen molar-refractivity contribution in [2.24, 2.45) is 0 Å². The molecule has 0 saturated heterocycles. The van der Waals surface area contributed by atoms with Crippen molar-refractivity contribution in [3.05, 3.63) is 59.2 Å². The molecule has 1 heterocycles. The number of hydrogen-bond acceptors (Lipinski definition) is 6. The van der Waals surface area contributed by atoms with Gasteiger partial charge in [0.2, 0.25) is 15.0 Å². The number of aromatic nitrogens is 4. The summed E-state index contributed by atoms with van der Waals surface area (Å²) in [6.07, 6.45) is 0. The minimum absolute atomic E-state index is 0.397. The summed E-state index contributed by atoms with van der Waals surface area (Å²) in [5.74, 6) is -2.97. The lowest BCUT2D eigenvalue weighted by Crippen LogP contribution is -2.11. The topological polar surface area (TPSA) is 77.7 Å². The molecule has 6 nitrogen and oxygen atoms in total. The third-order valence-corrected chi connectivity index (χ3v) is 6.49. The van der Waals surface area contributed by atoms with E-state index in [1.165, 1.54) is 36.0 Å². The number of rotatable bonds is 6. The van der Waals surface area contributed by atoms with Crippen molar-refractivity contribution >= 4 is 21.6 Å². The molecule has 27 heavy (non-hydrogen) atoms. The zero-order chi connectivity index (χ0) is 19.6. The van der Waals surface area contributed by atoms with Gasteiger partial charge < -0.3 is 0 Å². The standard InChI is InChI=1S/C17H16F2N4O2S2/c1-11-4-3-5-15(12(11)2)23-17(20-21-22-23)26-10-13-6-8-14(9-7-13)27(24,25)16(18)19/h3-9,16H,10H2,1-2H3. The molecule has 0 unspecified atom stereocenters.